The van der Waals surface area contributed by atoms with Crippen LogP contribution in [0, 0.1) is 5.82 Å². The zero-order chi connectivity index (χ0) is 14.5. The minimum atomic E-state index is -0.512. The highest BCUT2D eigenvalue weighted by Gasteiger charge is 2.10. The molecule has 0 aliphatic carbocycles. The predicted octanol–water partition coefficient (Wildman–Crippen LogP) is 4.41. The van der Waals surface area contributed by atoms with E-state index in [0.29, 0.717) is 18.4 Å². The van der Waals surface area contributed by atoms with Crippen LogP contribution in [0.15, 0.2) is 46.9 Å². The summed E-state index contributed by atoms with van der Waals surface area (Å²) in [5.74, 6) is -0.439. The van der Waals surface area contributed by atoms with Crippen LogP contribution in [0.4, 0.5) is 4.39 Å². The van der Waals surface area contributed by atoms with Crippen LogP contribution >= 0.6 is 15.9 Å². The molecular weight excluding hydrogens is 323 g/mol. The Hall–Kier alpha value is -1.68. The molecule has 0 N–H and O–H groups in total. The van der Waals surface area contributed by atoms with Gasteiger partial charge in [0.25, 0.3) is 0 Å². The van der Waals surface area contributed by atoms with Crippen molar-refractivity contribution in [2.45, 2.75) is 12.8 Å². The minimum absolute atomic E-state index is 0.0746. The Morgan fingerprint density at radius 1 is 1.20 bits per heavy atom. The number of ketones is 1. The largest absolute Gasteiger partial charge is 0.494 e. The molecule has 0 aliphatic rings. The van der Waals surface area contributed by atoms with Crippen molar-refractivity contribution in [2.24, 2.45) is 0 Å². The summed E-state index contributed by atoms with van der Waals surface area (Å²) in [5, 5.41) is 0. The summed E-state index contributed by atoms with van der Waals surface area (Å²) in [7, 11) is 1.40. The Kier molecular flexibility index (Phi) is 4.90. The quantitative estimate of drug-likeness (QED) is 0.756. The maximum atomic E-state index is 13.5. The molecule has 4 heteroatoms. The average molecular weight is 337 g/mol. The molecule has 2 nitrogen and oxygen atoms in total. The van der Waals surface area contributed by atoms with Crippen LogP contribution < -0.4 is 4.74 Å². The molecule has 0 aliphatic heterocycles. The predicted molar refractivity (Wildman–Crippen MR) is 79.7 cm³/mol. The van der Waals surface area contributed by atoms with Gasteiger partial charge < -0.3 is 4.74 Å². The molecule has 0 spiro atoms. The van der Waals surface area contributed by atoms with Crippen molar-refractivity contribution in [3.05, 3.63) is 63.9 Å². The van der Waals surface area contributed by atoms with E-state index in [2.05, 4.69) is 15.9 Å². The number of aryl methyl sites for hydroxylation is 1. The smallest absolute Gasteiger partial charge is 0.165 e. The van der Waals surface area contributed by atoms with Crippen LogP contribution in [-0.4, -0.2) is 12.9 Å². The Bertz CT molecular complexity index is 608. The lowest BCUT2D eigenvalue weighted by Crippen LogP contribution is -2.02. The Labute approximate surface area is 125 Å². The van der Waals surface area contributed by atoms with Gasteiger partial charge in [0.15, 0.2) is 17.3 Å². The number of Topliss-reactive ketones (excluding diaryl/α,β-unsaturated/α-hetero) is 1. The highest BCUT2D eigenvalue weighted by molar-refractivity contribution is 9.10. The molecular formula is C16H14BrFO2. The summed E-state index contributed by atoms with van der Waals surface area (Å²) in [6.45, 7) is 0. The van der Waals surface area contributed by atoms with Crippen LogP contribution in [-0.2, 0) is 6.42 Å². The van der Waals surface area contributed by atoms with Crippen LogP contribution in [0.3, 0.4) is 0 Å². The number of benzene rings is 2. The summed E-state index contributed by atoms with van der Waals surface area (Å²) < 4.78 is 19.4. The molecule has 0 amide bonds. The molecule has 104 valence electrons. The van der Waals surface area contributed by atoms with Gasteiger partial charge in [0.2, 0.25) is 0 Å². The van der Waals surface area contributed by atoms with Crippen molar-refractivity contribution >= 4 is 21.7 Å². The molecule has 2 rings (SSSR count). The number of halogens is 2. The molecule has 2 aromatic carbocycles. The van der Waals surface area contributed by atoms with E-state index >= 15 is 0 Å². The highest BCUT2D eigenvalue weighted by atomic mass is 79.9. The van der Waals surface area contributed by atoms with Gasteiger partial charge in [-0.15, -0.1) is 0 Å². The molecule has 0 saturated heterocycles. The monoisotopic (exact) mass is 336 g/mol. The number of hydrogen-bond donors (Lipinski definition) is 0. The summed E-state index contributed by atoms with van der Waals surface area (Å²) >= 11 is 3.36. The van der Waals surface area contributed by atoms with Crippen LogP contribution in [0.25, 0.3) is 0 Å². The normalized spacial score (nSPS) is 10.3. The van der Waals surface area contributed by atoms with Crippen molar-refractivity contribution in [2.75, 3.05) is 7.11 Å². The van der Waals surface area contributed by atoms with Gasteiger partial charge in [-0.3, -0.25) is 4.79 Å². The molecule has 0 saturated carbocycles. The van der Waals surface area contributed by atoms with Gasteiger partial charge in [0, 0.05) is 16.5 Å². The first-order valence-corrected chi connectivity index (χ1v) is 7.00. The summed E-state index contributed by atoms with van der Waals surface area (Å²) in [6, 6.07) is 12.1. The first-order chi connectivity index (χ1) is 9.60. The topological polar surface area (TPSA) is 26.3 Å². The van der Waals surface area contributed by atoms with E-state index in [0.717, 1.165) is 10.0 Å². The van der Waals surface area contributed by atoms with Crippen molar-refractivity contribution < 1.29 is 13.9 Å². The second-order valence-corrected chi connectivity index (χ2v) is 5.31. The van der Waals surface area contributed by atoms with E-state index in [4.69, 9.17) is 4.74 Å². The maximum Gasteiger partial charge on any atom is 0.165 e. The van der Waals surface area contributed by atoms with Crippen LogP contribution in [0.5, 0.6) is 5.75 Å². The van der Waals surface area contributed by atoms with Gasteiger partial charge in [-0.25, -0.2) is 4.39 Å². The highest BCUT2D eigenvalue weighted by Crippen LogP contribution is 2.19. The first-order valence-electron chi connectivity index (χ1n) is 6.21. The molecule has 0 fully saturated rings. The van der Waals surface area contributed by atoms with E-state index in [1.165, 1.54) is 19.2 Å². The molecule has 0 radical (unpaired) electrons. The minimum Gasteiger partial charge on any atom is -0.494 e. The van der Waals surface area contributed by atoms with Crippen LogP contribution in [0.2, 0.25) is 0 Å². The molecule has 20 heavy (non-hydrogen) atoms. The van der Waals surface area contributed by atoms with E-state index in [-0.39, 0.29) is 11.5 Å². The number of rotatable bonds is 5. The zero-order valence-electron chi connectivity index (χ0n) is 11.0. The lowest BCUT2D eigenvalue weighted by Gasteiger charge is -2.05. The van der Waals surface area contributed by atoms with E-state index in [1.807, 2.05) is 24.3 Å². The van der Waals surface area contributed by atoms with Crippen molar-refractivity contribution in [1.82, 2.24) is 0 Å². The second kappa shape index (κ2) is 6.66. The van der Waals surface area contributed by atoms with E-state index in [9.17, 15) is 9.18 Å². The standard InChI is InChI=1S/C16H14BrFO2/c1-20-16-9-5-12(10-14(16)18)15(19)8-4-11-2-6-13(17)7-3-11/h2-3,5-7,9-10H,4,8H2,1H3. The third-order valence-electron chi connectivity index (χ3n) is 3.03. The third kappa shape index (κ3) is 3.67. The fourth-order valence-corrected chi connectivity index (χ4v) is 2.16. The summed E-state index contributed by atoms with van der Waals surface area (Å²) in [4.78, 5) is 12.0. The molecule has 0 unspecified atom stereocenters. The number of ether oxygens (including phenoxy) is 1. The lowest BCUT2D eigenvalue weighted by atomic mass is 10.0. The summed E-state index contributed by atoms with van der Waals surface area (Å²) in [6.07, 6.45) is 0.993. The van der Waals surface area contributed by atoms with Gasteiger partial charge in [-0.1, -0.05) is 28.1 Å². The zero-order valence-corrected chi connectivity index (χ0v) is 12.6. The SMILES string of the molecule is COc1ccc(C(=O)CCc2ccc(Br)cc2)cc1F. The van der Waals surface area contributed by atoms with Gasteiger partial charge >= 0.3 is 0 Å². The number of carbonyl (C=O) groups is 1. The fourth-order valence-electron chi connectivity index (χ4n) is 1.89. The fraction of sp³-hybridized carbons (Fsp3) is 0.188. The maximum absolute atomic E-state index is 13.5. The Balaban J connectivity index is 2.01. The molecule has 0 bridgehead atoms. The van der Waals surface area contributed by atoms with Gasteiger partial charge in [-0.2, -0.15) is 0 Å². The molecule has 0 atom stereocenters. The lowest BCUT2D eigenvalue weighted by molar-refractivity contribution is 0.0982. The summed E-state index contributed by atoms with van der Waals surface area (Å²) in [5.41, 5.74) is 1.45. The van der Waals surface area contributed by atoms with Gasteiger partial charge in [-0.05, 0) is 42.3 Å². The molecule has 2 aromatic rings. The number of carbonyl (C=O) groups excluding carboxylic acids is 1. The Morgan fingerprint density at radius 3 is 2.50 bits per heavy atom. The first kappa shape index (κ1) is 14.7. The van der Waals surface area contributed by atoms with Gasteiger partial charge in [0.05, 0.1) is 7.11 Å². The second-order valence-electron chi connectivity index (χ2n) is 4.40. The average Bonchev–Trinajstić information content (AvgIpc) is 2.46. The number of hydrogen-bond acceptors (Lipinski definition) is 2. The van der Waals surface area contributed by atoms with Crippen molar-refractivity contribution in [1.29, 1.82) is 0 Å². The van der Waals surface area contributed by atoms with Crippen LogP contribution in [0.1, 0.15) is 22.3 Å². The number of methoxy groups -OCH3 is 1. The molecule has 0 heterocycles. The third-order valence-corrected chi connectivity index (χ3v) is 3.56. The van der Waals surface area contributed by atoms with Gasteiger partial charge in [0.1, 0.15) is 0 Å². The van der Waals surface area contributed by atoms with Crippen molar-refractivity contribution in [3.8, 4) is 5.75 Å². The molecule has 0 aromatic heterocycles. The van der Waals surface area contributed by atoms with E-state index < -0.39 is 5.82 Å². The Morgan fingerprint density at radius 2 is 1.90 bits per heavy atom. The van der Waals surface area contributed by atoms with E-state index in [1.54, 1.807) is 6.07 Å². The van der Waals surface area contributed by atoms with Crippen molar-refractivity contribution in [3.63, 3.8) is 0 Å².